The van der Waals surface area contributed by atoms with Crippen LogP contribution in [-0.4, -0.2) is 24.1 Å². The van der Waals surface area contributed by atoms with E-state index in [1.54, 1.807) is 18.2 Å². The number of para-hydroxylation sites is 1. The lowest BCUT2D eigenvalue weighted by molar-refractivity contribution is -0.120. The Morgan fingerprint density at radius 1 is 1.26 bits per heavy atom. The highest BCUT2D eigenvalue weighted by atomic mass is 35.5. The average molecular weight is 347 g/mol. The van der Waals surface area contributed by atoms with Gasteiger partial charge in [0, 0.05) is 15.6 Å². The summed E-state index contributed by atoms with van der Waals surface area (Å²) in [5.41, 5.74) is 2.25. The summed E-state index contributed by atoms with van der Waals surface area (Å²) in [6.45, 7) is 1.83. The molecule has 2 aromatic carbocycles. The van der Waals surface area contributed by atoms with E-state index in [1.807, 2.05) is 31.2 Å². The number of carbonyl (C=O) groups is 2. The Balaban J connectivity index is 1.78. The SMILES string of the molecule is Cc1c(Cl)cccc1NC(=O)CN1C(=O)CSc2ccccc21. The van der Waals surface area contributed by atoms with Crippen LogP contribution in [0.5, 0.6) is 0 Å². The van der Waals surface area contributed by atoms with Crippen molar-refractivity contribution >= 4 is 46.6 Å². The minimum absolute atomic E-state index is 0.0115. The van der Waals surface area contributed by atoms with Crippen molar-refractivity contribution in [3.63, 3.8) is 0 Å². The summed E-state index contributed by atoms with van der Waals surface area (Å²) < 4.78 is 0. The maximum Gasteiger partial charge on any atom is 0.244 e. The van der Waals surface area contributed by atoms with Gasteiger partial charge in [-0.2, -0.15) is 0 Å². The molecule has 0 aliphatic carbocycles. The number of hydrogen-bond donors (Lipinski definition) is 1. The molecule has 0 aromatic heterocycles. The standard InChI is InChI=1S/C17H15ClN2O2S/c1-11-12(18)5-4-6-13(11)19-16(21)9-20-14-7-2-3-8-15(14)23-10-17(20)22/h2-8H,9-10H2,1H3,(H,19,21). The molecule has 23 heavy (non-hydrogen) atoms. The molecule has 0 radical (unpaired) electrons. The molecule has 2 amide bonds. The maximum atomic E-state index is 12.3. The summed E-state index contributed by atoms with van der Waals surface area (Å²) in [4.78, 5) is 27.1. The van der Waals surface area contributed by atoms with E-state index in [0.717, 1.165) is 16.1 Å². The number of amides is 2. The van der Waals surface area contributed by atoms with Gasteiger partial charge in [-0.3, -0.25) is 9.59 Å². The third kappa shape index (κ3) is 3.35. The zero-order valence-electron chi connectivity index (χ0n) is 12.5. The molecule has 0 bridgehead atoms. The fraction of sp³-hybridized carbons (Fsp3) is 0.176. The Morgan fingerprint density at radius 3 is 2.87 bits per heavy atom. The Labute approximate surface area is 143 Å². The third-order valence-electron chi connectivity index (χ3n) is 3.65. The summed E-state index contributed by atoms with van der Waals surface area (Å²) in [6, 6.07) is 13.0. The van der Waals surface area contributed by atoms with Gasteiger partial charge in [0.25, 0.3) is 0 Å². The first-order valence-corrected chi connectivity index (χ1v) is 8.50. The smallest absolute Gasteiger partial charge is 0.244 e. The van der Waals surface area contributed by atoms with Gasteiger partial charge in [-0.25, -0.2) is 0 Å². The van der Waals surface area contributed by atoms with Crippen molar-refractivity contribution in [2.75, 3.05) is 22.5 Å². The number of anilines is 2. The highest BCUT2D eigenvalue weighted by molar-refractivity contribution is 8.00. The van der Waals surface area contributed by atoms with Gasteiger partial charge in [0.2, 0.25) is 11.8 Å². The normalized spacial score (nSPS) is 13.7. The predicted octanol–water partition coefficient (Wildman–Crippen LogP) is 3.73. The largest absolute Gasteiger partial charge is 0.324 e. The number of nitrogens with zero attached hydrogens (tertiary/aromatic N) is 1. The van der Waals surface area contributed by atoms with Crippen LogP contribution >= 0.6 is 23.4 Å². The summed E-state index contributed by atoms with van der Waals surface area (Å²) >= 11 is 7.56. The van der Waals surface area contributed by atoms with E-state index in [-0.39, 0.29) is 18.4 Å². The molecule has 0 saturated carbocycles. The Morgan fingerprint density at radius 2 is 2.04 bits per heavy atom. The third-order valence-corrected chi connectivity index (χ3v) is 5.11. The highest BCUT2D eigenvalue weighted by Gasteiger charge is 2.26. The Kier molecular flexibility index (Phi) is 4.59. The molecule has 3 rings (SSSR count). The molecule has 0 unspecified atom stereocenters. The van der Waals surface area contributed by atoms with Crippen LogP contribution in [0, 0.1) is 6.92 Å². The van der Waals surface area contributed by atoms with E-state index in [9.17, 15) is 9.59 Å². The van der Waals surface area contributed by atoms with Crippen molar-refractivity contribution in [3.05, 3.63) is 53.1 Å². The van der Waals surface area contributed by atoms with Gasteiger partial charge >= 0.3 is 0 Å². The summed E-state index contributed by atoms with van der Waals surface area (Å²) in [5, 5.41) is 3.42. The van der Waals surface area contributed by atoms with Crippen molar-refractivity contribution < 1.29 is 9.59 Å². The first-order chi connectivity index (χ1) is 11.1. The van der Waals surface area contributed by atoms with E-state index in [1.165, 1.54) is 16.7 Å². The molecule has 6 heteroatoms. The molecule has 1 N–H and O–H groups in total. The second-order valence-corrected chi connectivity index (χ2v) is 6.62. The summed E-state index contributed by atoms with van der Waals surface area (Å²) in [6.07, 6.45) is 0. The minimum atomic E-state index is -0.245. The zero-order chi connectivity index (χ0) is 16.4. The molecule has 1 heterocycles. The number of carbonyl (C=O) groups excluding carboxylic acids is 2. The van der Waals surface area contributed by atoms with Crippen LogP contribution in [0.4, 0.5) is 11.4 Å². The number of thioether (sulfide) groups is 1. The first-order valence-electron chi connectivity index (χ1n) is 7.13. The van der Waals surface area contributed by atoms with Crippen LogP contribution in [0.15, 0.2) is 47.4 Å². The fourth-order valence-corrected chi connectivity index (χ4v) is 3.51. The molecule has 1 aliphatic heterocycles. The molecule has 4 nitrogen and oxygen atoms in total. The minimum Gasteiger partial charge on any atom is -0.324 e. The topological polar surface area (TPSA) is 49.4 Å². The lowest BCUT2D eigenvalue weighted by Gasteiger charge is -2.28. The van der Waals surface area contributed by atoms with Crippen LogP contribution in [0.3, 0.4) is 0 Å². The molecule has 0 fully saturated rings. The molecule has 2 aromatic rings. The quantitative estimate of drug-likeness (QED) is 0.921. The van der Waals surface area contributed by atoms with Gasteiger partial charge in [0.15, 0.2) is 0 Å². The number of rotatable bonds is 3. The lowest BCUT2D eigenvalue weighted by atomic mass is 10.2. The second kappa shape index (κ2) is 6.64. The van der Waals surface area contributed by atoms with Crippen molar-refractivity contribution in [1.82, 2.24) is 0 Å². The number of halogens is 1. The monoisotopic (exact) mass is 346 g/mol. The van der Waals surface area contributed by atoms with Crippen molar-refractivity contribution in [1.29, 1.82) is 0 Å². The van der Waals surface area contributed by atoms with E-state index < -0.39 is 0 Å². The van der Waals surface area contributed by atoms with Crippen molar-refractivity contribution in [3.8, 4) is 0 Å². The predicted molar refractivity (Wildman–Crippen MR) is 94.3 cm³/mol. The van der Waals surface area contributed by atoms with E-state index in [2.05, 4.69) is 5.32 Å². The summed E-state index contributed by atoms with van der Waals surface area (Å²) in [7, 11) is 0. The van der Waals surface area contributed by atoms with Crippen LogP contribution in [0.2, 0.25) is 5.02 Å². The molecule has 0 atom stereocenters. The van der Waals surface area contributed by atoms with Crippen molar-refractivity contribution in [2.24, 2.45) is 0 Å². The molecule has 118 valence electrons. The van der Waals surface area contributed by atoms with E-state index in [4.69, 9.17) is 11.6 Å². The number of benzene rings is 2. The van der Waals surface area contributed by atoms with Gasteiger partial charge < -0.3 is 10.2 Å². The van der Waals surface area contributed by atoms with E-state index >= 15 is 0 Å². The van der Waals surface area contributed by atoms with Crippen LogP contribution in [0.25, 0.3) is 0 Å². The van der Waals surface area contributed by atoms with Gasteiger partial charge in [-0.05, 0) is 36.8 Å². The molecular formula is C17H15ClN2O2S. The maximum absolute atomic E-state index is 12.3. The lowest BCUT2D eigenvalue weighted by Crippen LogP contribution is -2.41. The van der Waals surface area contributed by atoms with Gasteiger partial charge in [0.1, 0.15) is 6.54 Å². The average Bonchev–Trinajstić information content (AvgIpc) is 2.54. The molecular weight excluding hydrogens is 332 g/mol. The van der Waals surface area contributed by atoms with Crippen LogP contribution in [-0.2, 0) is 9.59 Å². The van der Waals surface area contributed by atoms with Gasteiger partial charge in [0.05, 0.1) is 11.4 Å². The van der Waals surface area contributed by atoms with E-state index in [0.29, 0.717) is 16.5 Å². The number of nitrogens with one attached hydrogen (secondary N) is 1. The van der Waals surface area contributed by atoms with Crippen LogP contribution in [0.1, 0.15) is 5.56 Å². The highest BCUT2D eigenvalue weighted by Crippen LogP contribution is 2.34. The first kappa shape index (κ1) is 15.9. The molecule has 0 saturated heterocycles. The molecule has 0 spiro atoms. The Hall–Kier alpha value is -1.98. The second-order valence-electron chi connectivity index (χ2n) is 5.20. The number of fused-ring (bicyclic) bond motifs is 1. The summed E-state index contributed by atoms with van der Waals surface area (Å²) in [5.74, 6) is 0.0395. The van der Waals surface area contributed by atoms with Crippen LogP contribution < -0.4 is 10.2 Å². The van der Waals surface area contributed by atoms with Gasteiger partial charge in [-0.15, -0.1) is 11.8 Å². The number of hydrogen-bond acceptors (Lipinski definition) is 3. The Bertz CT molecular complexity index is 779. The molecule has 1 aliphatic rings. The zero-order valence-corrected chi connectivity index (χ0v) is 14.1. The fourth-order valence-electron chi connectivity index (χ4n) is 2.40. The van der Waals surface area contributed by atoms with Gasteiger partial charge in [-0.1, -0.05) is 29.8 Å². The van der Waals surface area contributed by atoms with Crippen molar-refractivity contribution in [2.45, 2.75) is 11.8 Å².